The maximum absolute atomic E-state index is 9.67. The molecule has 0 radical (unpaired) electrons. The number of unbranched alkanes of at least 4 members (excludes halogenated alkanes) is 1. The third kappa shape index (κ3) is 8.77. The van der Waals surface area contributed by atoms with Crippen LogP contribution in [0, 0.1) is 0 Å². The first-order chi connectivity index (χ1) is 9.33. The van der Waals surface area contributed by atoms with Crippen molar-refractivity contribution < 1.29 is 19.0 Å². The van der Waals surface area contributed by atoms with Gasteiger partial charge in [-0.2, -0.15) is 0 Å². The number of ether oxygens (including phenoxy) is 2. The van der Waals surface area contributed by atoms with Gasteiger partial charge < -0.3 is 24.3 Å². The lowest BCUT2D eigenvalue weighted by atomic mass is 10.3. The highest BCUT2D eigenvalue weighted by atomic mass is 16.5. The Morgan fingerprint density at radius 2 is 2.16 bits per heavy atom. The van der Waals surface area contributed by atoms with Crippen LogP contribution in [0.25, 0.3) is 0 Å². The van der Waals surface area contributed by atoms with Crippen molar-refractivity contribution in [2.45, 2.75) is 32.4 Å². The molecule has 1 aromatic heterocycles. The quantitative estimate of drug-likeness (QED) is 0.565. The second-order valence-electron chi connectivity index (χ2n) is 4.46. The smallest absolute Gasteiger partial charge is 0.0947 e. The van der Waals surface area contributed by atoms with Gasteiger partial charge in [0.25, 0.3) is 0 Å². The number of furan rings is 1. The van der Waals surface area contributed by atoms with Crippen molar-refractivity contribution in [2.75, 3.05) is 33.0 Å². The fraction of sp³-hybridized carbons (Fsp3) is 0.714. The minimum absolute atomic E-state index is 0.329. The predicted molar refractivity (Wildman–Crippen MR) is 73.0 cm³/mol. The van der Waals surface area contributed by atoms with Crippen molar-refractivity contribution >= 4 is 0 Å². The SMILES string of the molecule is CCCCOCCOCC(O)CNCc1ccoc1. The average molecular weight is 271 g/mol. The molecule has 0 saturated carbocycles. The molecule has 2 N–H and O–H groups in total. The summed E-state index contributed by atoms with van der Waals surface area (Å²) in [6.45, 7) is 5.56. The Labute approximate surface area is 114 Å². The molecule has 110 valence electrons. The standard InChI is InChI=1S/C14H25NO4/c1-2-3-5-17-7-8-19-12-14(16)10-15-9-13-4-6-18-11-13/h4,6,11,14-16H,2-3,5,7-10,12H2,1H3. The Bertz CT molecular complexity index is 290. The van der Waals surface area contributed by atoms with Crippen LogP contribution < -0.4 is 5.32 Å². The molecule has 0 amide bonds. The van der Waals surface area contributed by atoms with Gasteiger partial charge in [-0.15, -0.1) is 0 Å². The summed E-state index contributed by atoms with van der Waals surface area (Å²) in [5, 5.41) is 12.8. The Hall–Kier alpha value is -0.880. The Morgan fingerprint density at radius 3 is 2.89 bits per heavy atom. The fourth-order valence-corrected chi connectivity index (χ4v) is 1.52. The fourth-order valence-electron chi connectivity index (χ4n) is 1.52. The summed E-state index contributed by atoms with van der Waals surface area (Å²) < 4.78 is 15.6. The van der Waals surface area contributed by atoms with E-state index in [1.165, 1.54) is 0 Å². The maximum Gasteiger partial charge on any atom is 0.0947 e. The maximum atomic E-state index is 9.67. The van der Waals surface area contributed by atoms with Crippen molar-refractivity contribution in [3.05, 3.63) is 24.2 Å². The first-order valence-electron chi connectivity index (χ1n) is 6.88. The summed E-state index contributed by atoms with van der Waals surface area (Å²) in [7, 11) is 0. The second-order valence-corrected chi connectivity index (χ2v) is 4.46. The van der Waals surface area contributed by atoms with Gasteiger partial charge in [0.1, 0.15) is 0 Å². The van der Waals surface area contributed by atoms with Gasteiger partial charge in [-0.05, 0) is 12.5 Å². The first-order valence-corrected chi connectivity index (χ1v) is 6.88. The van der Waals surface area contributed by atoms with E-state index in [1.807, 2.05) is 6.07 Å². The van der Waals surface area contributed by atoms with Gasteiger partial charge >= 0.3 is 0 Å². The second kappa shape index (κ2) is 11.0. The lowest BCUT2D eigenvalue weighted by Crippen LogP contribution is -2.30. The molecule has 0 aliphatic carbocycles. The predicted octanol–water partition coefficient (Wildman–Crippen LogP) is 1.56. The highest BCUT2D eigenvalue weighted by Gasteiger charge is 2.04. The molecule has 5 nitrogen and oxygen atoms in total. The topological polar surface area (TPSA) is 63.9 Å². The summed E-state index contributed by atoms with van der Waals surface area (Å²) in [5.74, 6) is 0. The summed E-state index contributed by atoms with van der Waals surface area (Å²) in [5.41, 5.74) is 1.07. The summed E-state index contributed by atoms with van der Waals surface area (Å²) in [6.07, 6.45) is 5.05. The molecule has 0 aromatic carbocycles. The third-order valence-corrected chi connectivity index (χ3v) is 2.61. The zero-order valence-corrected chi connectivity index (χ0v) is 11.6. The molecule has 1 aromatic rings. The highest BCUT2D eigenvalue weighted by molar-refractivity contribution is 5.04. The van der Waals surface area contributed by atoms with Crippen LogP contribution in [0.3, 0.4) is 0 Å². The Kier molecular flexibility index (Phi) is 9.36. The molecule has 0 spiro atoms. The van der Waals surface area contributed by atoms with E-state index >= 15 is 0 Å². The van der Waals surface area contributed by atoms with Crippen molar-refractivity contribution in [1.29, 1.82) is 0 Å². The molecule has 0 aliphatic rings. The van der Waals surface area contributed by atoms with E-state index in [4.69, 9.17) is 13.9 Å². The number of rotatable bonds is 12. The summed E-state index contributed by atoms with van der Waals surface area (Å²) in [4.78, 5) is 0. The van der Waals surface area contributed by atoms with E-state index < -0.39 is 6.10 Å². The normalized spacial score (nSPS) is 12.7. The van der Waals surface area contributed by atoms with Crippen molar-refractivity contribution in [2.24, 2.45) is 0 Å². The van der Waals surface area contributed by atoms with E-state index in [0.717, 1.165) is 25.0 Å². The van der Waals surface area contributed by atoms with E-state index in [1.54, 1.807) is 12.5 Å². The van der Waals surface area contributed by atoms with Crippen LogP contribution in [0.4, 0.5) is 0 Å². The molecule has 1 heterocycles. The van der Waals surface area contributed by atoms with Gasteiger partial charge in [-0.1, -0.05) is 13.3 Å². The number of hydrogen-bond acceptors (Lipinski definition) is 5. The van der Waals surface area contributed by atoms with Gasteiger partial charge in [0.05, 0.1) is 38.5 Å². The van der Waals surface area contributed by atoms with Gasteiger partial charge in [-0.25, -0.2) is 0 Å². The van der Waals surface area contributed by atoms with Gasteiger partial charge in [0.15, 0.2) is 0 Å². The molecule has 0 saturated heterocycles. The first kappa shape index (κ1) is 16.2. The average Bonchev–Trinajstić information content (AvgIpc) is 2.91. The zero-order valence-electron chi connectivity index (χ0n) is 11.6. The number of nitrogens with one attached hydrogen (secondary N) is 1. The third-order valence-electron chi connectivity index (χ3n) is 2.61. The molecule has 1 rings (SSSR count). The monoisotopic (exact) mass is 271 g/mol. The molecule has 0 aliphatic heterocycles. The molecule has 0 fully saturated rings. The Balaban J connectivity index is 1.86. The van der Waals surface area contributed by atoms with E-state index in [2.05, 4.69) is 12.2 Å². The van der Waals surface area contributed by atoms with Gasteiger partial charge in [0, 0.05) is 25.3 Å². The van der Waals surface area contributed by atoms with Crippen LogP contribution in [0.2, 0.25) is 0 Å². The largest absolute Gasteiger partial charge is 0.472 e. The number of aliphatic hydroxyl groups is 1. The minimum atomic E-state index is -0.498. The number of aliphatic hydroxyl groups excluding tert-OH is 1. The Morgan fingerprint density at radius 1 is 1.32 bits per heavy atom. The van der Waals surface area contributed by atoms with Gasteiger partial charge in [0.2, 0.25) is 0 Å². The molecule has 1 atom stereocenters. The van der Waals surface area contributed by atoms with Crippen LogP contribution in [0.15, 0.2) is 23.0 Å². The van der Waals surface area contributed by atoms with Crippen LogP contribution in [-0.4, -0.2) is 44.2 Å². The van der Waals surface area contributed by atoms with Gasteiger partial charge in [-0.3, -0.25) is 0 Å². The van der Waals surface area contributed by atoms with Crippen molar-refractivity contribution in [3.63, 3.8) is 0 Å². The van der Waals surface area contributed by atoms with Crippen LogP contribution >= 0.6 is 0 Å². The van der Waals surface area contributed by atoms with Crippen LogP contribution in [0.1, 0.15) is 25.3 Å². The van der Waals surface area contributed by atoms with E-state index in [0.29, 0.717) is 32.9 Å². The molecular weight excluding hydrogens is 246 g/mol. The highest BCUT2D eigenvalue weighted by Crippen LogP contribution is 1.98. The van der Waals surface area contributed by atoms with E-state index in [9.17, 15) is 5.11 Å². The number of hydrogen-bond donors (Lipinski definition) is 2. The lowest BCUT2D eigenvalue weighted by Gasteiger charge is -2.12. The van der Waals surface area contributed by atoms with Crippen molar-refractivity contribution in [3.8, 4) is 0 Å². The van der Waals surface area contributed by atoms with Crippen molar-refractivity contribution in [1.82, 2.24) is 5.32 Å². The minimum Gasteiger partial charge on any atom is -0.472 e. The zero-order chi connectivity index (χ0) is 13.8. The summed E-state index contributed by atoms with van der Waals surface area (Å²) in [6, 6.07) is 1.89. The lowest BCUT2D eigenvalue weighted by molar-refractivity contribution is 0.00385. The van der Waals surface area contributed by atoms with E-state index in [-0.39, 0.29) is 0 Å². The molecular formula is C14H25NO4. The molecule has 5 heteroatoms. The van der Waals surface area contributed by atoms with Crippen LogP contribution in [0.5, 0.6) is 0 Å². The molecule has 19 heavy (non-hydrogen) atoms. The summed E-state index contributed by atoms with van der Waals surface area (Å²) >= 11 is 0. The van der Waals surface area contributed by atoms with Crippen LogP contribution in [-0.2, 0) is 16.0 Å². The molecule has 1 unspecified atom stereocenters. The molecule has 0 bridgehead atoms.